The molecule has 0 spiro atoms. The van der Waals surface area contributed by atoms with E-state index in [2.05, 4.69) is 0 Å². The second kappa shape index (κ2) is 4.90. The van der Waals surface area contributed by atoms with Crippen LogP contribution >= 0.6 is 0 Å². The van der Waals surface area contributed by atoms with Crippen LogP contribution in [-0.4, -0.2) is 31.6 Å². The second-order valence-electron chi connectivity index (χ2n) is 4.80. The summed E-state index contributed by atoms with van der Waals surface area (Å²) in [7, 11) is -3.25. The van der Waals surface area contributed by atoms with Gasteiger partial charge in [0.2, 0.25) is 0 Å². The Morgan fingerprint density at radius 3 is 2.78 bits per heavy atom. The average molecular weight is 270 g/mol. The van der Waals surface area contributed by atoms with Gasteiger partial charge in [-0.2, -0.15) is 0 Å². The first-order valence-electron chi connectivity index (χ1n) is 6.02. The van der Waals surface area contributed by atoms with E-state index in [1.54, 1.807) is 6.07 Å². The van der Waals surface area contributed by atoms with Crippen molar-refractivity contribution in [3.8, 4) is 5.75 Å². The van der Waals surface area contributed by atoms with Gasteiger partial charge in [-0.3, -0.25) is 0 Å². The average Bonchev–Trinajstić information content (AvgIpc) is 2.35. The molecular weight excluding hydrogens is 252 g/mol. The molecule has 1 aliphatic heterocycles. The van der Waals surface area contributed by atoms with Gasteiger partial charge in [-0.25, -0.2) is 8.42 Å². The van der Waals surface area contributed by atoms with E-state index >= 15 is 0 Å². The number of hydrogen-bond donors (Lipinski definition) is 1. The Morgan fingerprint density at radius 2 is 2.11 bits per heavy atom. The van der Waals surface area contributed by atoms with Gasteiger partial charge in [0.05, 0.1) is 18.0 Å². The molecule has 0 bridgehead atoms. The van der Waals surface area contributed by atoms with E-state index in [1.807, 2.05) is 12.1 Å². The van der Waals surface area contributed by atoms with Crippen LogP contribution in [0.4, 0.5) is 0 Å². The largest absolute Gasteiger partial charge is 0.493 e. The van der Waals surface area contributed by atoms with Crippen molar-refractivity contribution in [1.29, 1.82) is 0 Å². The molecule has 100 valence electrons. The van der Waals surface area contributed by atoms with Crippen LogP contribution in [-0.2, 0) is 16.3 Å². The first-order valence-corrected chi connectivity index (χ1v) is 7.97. The monoisotopic (exact) mass is 270 g/mol. The predicted molar refractivity (Wildman–Crippen MR) is 69.5 cm³/mol. The van der Waals surface area contributed by atoms with Gasteiger partial charge in [-0.1, -0.05) is 6.07 Å². The summed E-state index contributed by atoms with van der Waals surface area (Å²) >= 11 is 0. The van der Waals surface area contributed by atoms with Crippen molar-refractivity contribution in [3.05, 3.63) is 29.3 Å². The molecule has 0 saturated heterocycles. The van der Waals surface area contributed by atoms with E-state index in [4.69, 9.17) is 4.74 Å². The van der Waals surface area contributed by atoms with E-state index in [9.17, 15) is 13.5 Å². The van der Waals surface area contributed by atoms with Crippen LogP contribution in [0.3, 0.4) is 0 Å². The molecule has 2 unspecified atom stereocenters. The number of aliphatic hydroxyl groups excluding tert-OH is 1. The zero-order valence-corrected chi connectivity index (χ0v) is 11.4. The Kier molecular flexibility index (Phi) is 3.64. The minimum atomic E-state index is -3.25. The molecule has 1 aliphatic rings. The minimum absolute atomic E-state index is 0.636. The Labute approximate surface area is 108 Å². The van der Waals surface area contributed by atoms with Gasteiger partial charge < -0.3 is 9.84 Å². The van der Waals surface area contributed by atoms with Gasteiger partial charge in [0.25, 0.3) is 0 Å². The minimum Gasteiger partial charge on any atom is -0.493 e. The maximum Gasteiger partial charge on any atom is 0.152 e. The Morgan fingerprint density at radius 1 is 1.39 bits per heavy atom. The summed E-state index contributed by atoms with van der Waals surface area (Å²) < 4.78 is 28.4. The van der Waals surface area contributed by atoms with Crippen molar-refractivity contribution in [2.75, 3.05) is 12.9 Å². The molecule has 1 N–H and O–H groups in total. The van der Waals surface area contributed by atoms with Crippen LogP contribution in [0.15, 0.2) is 18.2 Å². The molecule has 1 heterocycles. The number of rotatable bonds is 3. The molecular formula is C13H18O4S. The fraction of sp³-hybridized carbons (Fsp3) is 0.538. The van der Waals surface area contributed by atoms with E-state index in [-0.39, 0.29) is 0 Å². The lowest BCUT2D eigenvalue weighted by atomic mass is 9.99. The summed E-state index contributed by atoms with van der Waals surface area (Å²) in [4.78, 5) is 0. The van der Waals surface area contributed by atoms with Crippen molar-refractivity contribution in [2.45, 2.75) is 31.1 Å². The number of hydrogen-bond acceptors (Lipinski definition) is 4. The molecule has 0 aromatic heterocycles. The van der Waals surface area contributed by atoms with Crippen molar-refractivity contribution in [3.63, 3.8) is 0 Å². The molecule has 5 heteroatoms. The summed E-state index contributed by atoms with van der Waals surface area (Å²) in [5, 5.41) is 9.30. The maximum atomic E-state index is 11.5. The lowest BCUT2D eigenvalue weighted by Crippen LogP contribution is -2.24. The van der Waals surface area contributed by atoms with Gasteiger partial charge in [0, 0.05) is 6.26 Å². The van der Waals surface area contributed by atoms with Gasteiger partial charge >= 0.3 is 0 Å². The van der Waals surface area contributed by atoms with Crippen LogP contribution < -0.4 is 4.74 Å². The number of aryl methyl sites for hydroxylation is 1. The zero-order chi connectivity index (χ0) is 13.3. The smallest absolute Gasteiger partial charge is 0.152 e. The lowest BCUT2D eigenvalue weighted by Gasteiger charge is -2.21. The Balaban J connectivity index is 2.29. The molecule has 1 aromatic carbocycles. The molecule has 0 amide bonds. The molecule has 2 atom stereocenters. The van der Waals surface area contributed by atoms with E-state index in [1.165, 1.54) is 6.92 Å². The quantitative estimate of drug-likeness (QED) is 0.903. The van der Waals surface area contributed by atoms with Crippen LogP contribution in [0.2, 0.25) is 0 Å². The highest BCUT2D eigenvalue weighted by Crippen LogP contribution is 2.30. The number of benzene rings is 1. The molecule has 0 aliphatic carbocycles. The number of sulfone groups is 1. The van der Waals surface area contributed by atoms with Crippen LogP contribution in [0.1, 0.15) is 30.6 Å². The van der Waals surface area contributed by atoms with Crippen LogP contribution in [0, 0.1) is 0 Å². The van der Waals surface area contributed by atoms with Gasteiger partial charge in [-0.15, -0.1) is 0 Å². The second-order valence-corrected chi connectivity index (χ2v) is 7.20. The number of ether oxygens (including phenoxy) is 1. The Bertz CT molecular complexity index is 536. The molecule has 0 fully saturated rings. The summed E-state index contributed by atoms with van der Waals surface area (Å²) in [5.74, 6) is 0.837. The molecule has 0 saturated carbocycles. The van der Waals surface area contributed by atoms with Crippen LogP contribution in [0.25, 0.3) is 0 Å². The SMILES string of the molecule is CC(C(O)c1ccc2c(c1)CCCO2)S(C)(=O)=O. The van der Waals surface area contributed by atoms with Crippen LogP contribution in [0.5, 0.6) is 5.75 Å². The van der Waals surface area contributed by atoms with Crippen molar-refractivity contribution in [2.24, 2.45) is 0 Å². The third kappa shape index (κ3) is 2.67. The fourth-order valence-corrected chi connectivity index (χ4v) is 2.69. The van der Waals surface area contributed by atoms with Gasteiger partial charge in [0.1, 0.15) is 5.75 Å². The van der Waals surface area contributed by atoms with Crippen molar-refractivity contribution in [1.82, 2.24) is 0 Å². The zero-order valence-electron chi connectivity index (χ0n) is 10.6. The maximum absolute atomic E-state index is 11.5. The topological polar surface area (TPSA) is 63.6 Å². The fourth-order valence-electron chi connectivity index (χ4n) is 2.07. The third-order valence-corrected chi connectivity index (χ3v) is 5.00. The van der Waals surface area contributed by atoms with Gasteiger partial charge in [0.15, 0.2) is 9.84 Å². The van der Waals surface area contributed by atoms with Crippen molar-refractivity contribution < 1.29 is 18.3 Å². The lowest BCUT2D eigenvalue weighted by molar-refractivity contribution is 0.175. The highest BCUT2D eigenvalue weighted by atomic mass is 32.2. The summed E-state index contributed by atoms with van der Waals surface area (Å²) in [6.45, 7) is 2.24. The van der Waals surface area contributed by atoms with Crippen molar-refractivity contribution >= 4 is 9.84 Å². The molecule has 4 nitrogen and oxygen atoms in total. The third-order valence-electron chi connectivity index (χ3n) is 3.39. The van der Waals surface area contributed by atoms with E-state index in [0.717, 1.165) is 30.4 Å². The standard InChI is InChI=1S/C13H18O4S/c1-9(18(2,15)16)13(14)11-5-6-12-10(8-11)4-3-7-17-12/h5-6,8-9,13-14H,3-4,7H2,1-2H3. The first kappa shape index (κ1) is 13.4. The molecule has 18 heavy (non-hydrogen) atoms. The number of aliphatic hydroxyl groups is 1. The van der Waals surface area contributed by atoms with E-state index in [0.29, 0.717) is 12.2 Å². The molecule has 1 aromatic rings. The molecule has 0 radical (unpaired) electrons. The first-order chi connectivity index (χ1) is 8.39. The van der Waals surface area contributed by atoms with E-state index < -0.39 is 21.2 Å². The summed E-state index contributed by atoms with van der Waals surface area (Å²) in [6.07, 6.45) is 2.01. The highest BCUT2D eigenvalue weighted by Gasteiger charge is 2.26. The summed E-state index contributed by atoms with van der Waals surface area (Å²) in [6, 6.07) is 5.39. The number of fused-ring (bicyclic) bond motifs is 1. The summed E-state index contributed by atoms with van der Waals surface area (Å²) in [5.41, 5.74) is 1.68. The molecule has 2 rings (SSSR count). The van der Waals surface area contributed by atoms with Gasteiger partial charge in [-0.05, 0) is 43.0 Å². The predicted octanol–water partition coefficient (Wildman–Crippen LogP) is 1.48. The normalized spacial score (nSPS) is 18.6. The Hall–Kier alpha value is -1.07. The highest BCUT2D eigenvalue weighted by molar-refractivity contribution is 7.91.